The molecule has 15 heavy (non-hydrogen) atoms. The Morgan fingerprint density at radius 2 is 1.93 bits per heavy atom. The highest BCUT2D eigenvalue weighted by Gasteiger charge is 2.01. The lowest BCUT2D eigenvalue weighted by Gasteiger charge is -1.98. The first-order chi connectivity index (χ1) is 6.99. The molecule has 0 heterocycles. The van der Waals surface area contributed by atoms with Gasteiger partial charge in [0.15, 0.2) is 5.96 Å². The first kappa shape index (κ1) is 11.3. The molecule has 1 rings (SSSR count). The minimum Gasteiger partial charge on any atom is -0.370 e. The maximum Gasteiger partial charge on any atom is 0.223 e. The van der Waals surface area contributed by atoms with Gasteiger partial charge in [-0.15, -0.1) is 0 Å². The van der Waals surface area contributed by atoms with Crippen molar-refractivity contribution in [2.24, 2.45) is 27.2 Å². The van der Waals surface area contributed by atoms with Gasteiger partial charge in [0, 0.05) is 6.07 Å². The molecule has 0 saturated heterocycles. The lowest BCUT2D eigenvalue weighted by atomic mass is 10.3. The average Bonchev–Trinajstić information content (AvgIpc) is 2.10. The van der Waals surface area contributed by atoms with E-state index >= 15 is 0 Å². The maximum absolute atomic E-state index is 12.8. The second kappa shape index (κ2) is 4.61. The van der Waals surface area contributed by atoms with Crippen LogP contribution in [0, 0.1) is 5.82 Å². The summed E-state index contributed by atoms with van der Waals surface area (Å²) in [4.78, 5) is 7.20. The Morgan fingerprint density at radius 1 is 1.27 bits per heavy atom. The van der Waals surface area contributed by atoms with Crippen molar-refractivity contribution in [2.45, 2.75) is 0 Å². The van der Waals surface area contributed by atoms with E-state index in [1.165, 1.54) is 12.1 Å². The molecule has 0 radical (unpaired) electrons. The van der Waals surface area contributed by atoms with Gasteiger partial charge >= 0.3 is 0 Å². The summed E-state index contributed by atoms with van der Waals surface area (Å²) in [5, 5.41) is 0.255. The maximum atomic E-state index is 12.8. The standard InChI is InChI=1S/C8H9ClFN5/c9-5-2-1-4(10)3-6(5)14-8(13)15-7(11)12/h1-3H,(H6,11,12,13,14,15). The molecule has 0 aromatic heterocycles. The molecule has 0 saturated carbocycles. The lowest BCUT2D eigenvalue weighted by molar-refractivity contribution is 0.628. The molecule has 1 aromatic rings. The molecule has 0 amide bonds. The van der Waals surface area contributed by atoms with Gasteiger partial charge in [0.1, 0.15) is 5.82 Å². The van der Waals surface area contributed by atoms with Crippen molar-refractivity contribution >= 4 is 29.2 Å². The topological polar surface area (TPSA) is 103 Å². The fourth-order valence-electron chi connectivity index (χ4n) is 0.852. The zero-order valence-corrected chi connectivity index (χ0v) is 8.37. The zero-order chi connectivity index (χ0) is 11.4. The van der Waals surface area contributed by atoms with Crippen LogP contribution >= 0.6 is 11.6 Å². The van der Waals surface area contributed by atoms with Crippen LogP contribution in [0.5, 0.6) is 0 Å². The minimum absolute atomic E-state index is 0.166. The van der Waals surface area contributed by atoms with Crippen LogP contribution in [0.15, 0.2) is 28.2 Å². The second-order valence-electron chi connectivity index (χ2n) is 2.60. The van der Waals surface area contributed by atoms with Crippen molar-refractivity contribution < 1.29 is 4.39 Å². The lowest BCUT2D eigenvalue weighted by Crippen LogP contribution is -2.26. The molecule has 0 aliphatic carbocycles. The summed E-state index contributed by atoms with van der Waals surface area (Å²) in [6, 6.07) is 3.69. The van der Waals surface area contributed by atoms with Gasteiger partial charge in [0.05, 0.1) is 10.7 Å². The molecule has 6 N–H and O–H groups in total. The third-order valence-electron chi connectivity index (χ3n) is 1.39. The summed E-state index contributed by atoms with van der Waals surface area (Å²) in [6.07, 6.45) is 0. The van der Waals surface area contributed by atoms with E-state index in [2.05, 4.69) is 9.98 Å². The molecule has 0 spiro atoms. The smallest absolute Gasteiger partial charge is 0.223 e. The largest absolute Gasteiger partial charge is 0.370 e. The fourth-order valence-corrected chi connectivity index (χ4v) is 1.01. The van der Waals surface area contributed by atoms with Gasteiger partial charge in [-0.2, -0.15) is 4.99 Å². The number of benzene rings is 1. The van der Waals surface area contributed by atoms with E-state index in [0.29, 0.717) is 0 Å². The molecule has 7 heteroatoms. The number of halogens is 2. The molecule has 0 aliphatic heterocycles. The van der Waals surface area contributed by atoms with Crippen molar-refractivity contribution in [3.05, 3.63) is 29.0 Å². The first-order valence-corrected chi connectivity index (χ1v) is 4.25. The number of rotatable bonds is 1. The summed E-state index contributed by atoms with van der Waals surface area (Å²) in [5.41, 5.74) is 15.7. The van der Waals surface area contributed by atoms with E-state index in [0.717, 1.165) is 6.07 Å². The predicted molar refractivity (Wildman–Crippen MR) is 58.5 cm³/mol. The number of guanidine groups is 2. The Kier molecular flexibility index (Phi) is 3.46. The molecule has 1 aromatic carbocycles. The van der Waals surface area contributed by atoms with Gasteiger partial charge in [0.25, 0.3) is 0 Å². The van der Waals surface area contributed by atoms with Crippen LogP contribution in [0.25, 0.3) is 0 Å². The molecule has 5 nitrogen and oxygen atoms in total. The molecular formula is C8H9ClFN5. The van der Waals surface area contributed by atoms with Gasteiger partial charge in [-0.25, -0.2) is 9.38 Å². The average molecular weight is 230 g/mol. The number of nitrogens with two attached hydrogens (primary N) is 3. The number of nitrogens with zero attached hydrogens (tertiary/aromatic N) is 2. The molecule has 0 aliphatic rings. The highest BCUT2D eigenvalue weighted by atomic mass is 35.5. The van der Waals surface area contributed by atoms with Gasteiger partial charge in [-0.1, -0.05) is 11.6 Å². The molecule has 0 bridgehead atoms. The third-order valence-corrected chi connectivity index (χ3v) is 1.71. The SMILES string of the molecule is NC(N)=NC(N)=Nc1cc(F)ccc1Cl. The zero-order valence-electron chi connectivity index (χ0n) is 7.61. The van der Waals surface area contributed by atoms with Crippen LogP contribution in [0.1, 0.15) is 0 Å². The highest BCUT2D eigenvalue weighted by molar-refractivity contribution is 6.33. The van der Waals surface area contributed by atoms with Gasteiger partial charge < -0.3 is 17.2 Å². The van der Waals surface area contributed by atoms with Crippen LogP contribution in [0.3, 0.4) is 0 Å². The number of aliphatic imine (C=N–C) groups is 2. The Bertz CT molecular complexity index is 425. The Morgan fingerprint density at radius 3 is 2.53 bits per heavy atom. The molecule has 0 fully saturated rings. The summed E-state index contributed by atoms with van der Waals surface area (Å²) in [7, 11) is 0. The second-order valence-corrected chi connectivity index (χ2v) is 3.01. The van der Waals surface area contributed by atoms with Crippen molar-refractivity contribution in [2.75, 3.05) is 0 Å². The third kappa shape index (κ3) is 3.43. The molecule has 80 valence electrons. The summed E-state index contributed by atoms with van der Waals surface area (Å²) in [5.74, 6) is -0.901. The van der Waals surface area contributed by atoms with Crippen molar-refractivity contribution in [1.82, 2.24) is 0 Å². The normalized spacial score (nSPS) is 11.2. The van der Waals surface area contributed by atoms with Crippen molar-refractivity contribution in [3.63, 3.8) is 0 Å². The minimum atomic E-state index is -0.476. The van der Waals surface area contributed by atoms with Gasteiger partial charge in [-0.3, -0.25) is 0 Å². The van der Waals surface area contributed by atoms with E-state index in [9.17, 15) is 4.39 Å². The van der Waals surface area contributed by atoms with Crippen molar-refractivity contribution in [1.29, 1.82) is 0 Å². The quantitative estimate of drug-likeness (QED) is 0.488. The van der Waals surface area contributed by atoms with Gasteiger partial charge in [-0.05, 0) is 12.1 Å². The summed E-state index contributed by atoms with van der Waals surface area (Å²) in [6.45, 7) is 0. The molecule has 0 unspecified atom stereocenters. The summed E-state index contributed by atoms with van der Waals surface area (Å²) < 4.78 is 12.8. The van der Waals surface area contributed by atoms with E-state index in [1.54, 1.807) is 0 Å². The summed E-state index contributed by atoms with van der Waals surface area (Å²) >= 11 is 5.74. The number of hydrogen-bond acceptors (Lipinski definition) is 1. The van der Waals surface area contributed by atoms with Crippen LogP contribution in [0.2, 0.25) is 5.02 Å². The van der Waals surface area contributed by atoms with Crippen LogP contribution in [-0.2, 0) is 0 Å². The monoisotopic (exact) mass is 229 g/mol. The van der Waals surface area contributed by atoms with E-state index < -0.39 is 5.82 Å². The van der Waals surface area contributed by atoms with E-state index in [1.807, 2.05) is 0 Å². The predicted octanol–water partition coefficient (Wildman–Crippen LogP) is 0.699. The van der Waals surface area contributed by atoms with Crippen LogP contribution < -0.4 is 17.2 Å². The molecular weight excluding hydrogens is 221 g/mol. The number of hydrogen-bond donors (Lipinski definition) is 3. The van der Waals surface area contributed by atoms with E-state index in [4.69, 9.17) is 28.8 Å². The fraction of sp³-hybridized carbons (Fsp3) is 0. The van der Waals surface area contributed by atoms with E-state index in [-0.39, 0.29) is 22.6 Å². The van der Waals surface area contributed by atoms with Crippen LogP contribution in [-0.4, -0.2) is 11.9 Å². The van der Waals surface area contributed by atoms with Gasteiger partial charge in [0.2, 0.25) is 5.96 Å². The molecule has 0 atom stereocenters. The first-order valence-electron chi connectivity index (χ1n) is 3.88. The van der Waals surface area contributed by atoms with Crippen LogP contribution in [0.4, 0.5) is 10.1 Å². The van der Waals surface area contributed by atoms with Crippen molar-refractivity contribution in [3.8, 4) is 0 Å². The Hall–Kier alpha value is -1.82. The Labute approximate surface area is 90.4 Å². The Balaban J connectivity index is 3.07. The highest BCUT2D eigenvalue weighted by Crippen LogP contribution is 2.25.